The van der Waals surface area contributed by atoms with Crippen molar-refractivity contribution < 1.29 is 5.11 Å². The quantitative estimate of drug-likeness (QED) is 0.293. The van der Waals surface area contributed by atoms with Gasteiger partial charge in [-0.05, 0) is 42.3 Å². The molecule has 0 unspecified atom stereocenters. The Morgan fingerprint density at radius 2 is 2.19 bits per heavy atom. The van der Waals surface area contributed by atoms with Gasteiger partial charge in [0.15, 0.2) is 5.82 Å². The van der Waals surface area contributed by atoms with Gasteiger partial charge in [-0.3, -0.25) is 5.10 Å². The molecule has 7 heteroatoms. The van der Waals surface area contributed by atoms with Gasteiger partial charge in [0, 0.05) is 21.9 Å². The third-order valence-corrected chi connectivity index (χ3v) is 4.60. The molecule has 3 rings (SSSR count). The minimum absolute atomic E-state index is 0.136. The highest BCUT2D eigenvalue weighted by atomic mass is 127. The number of aryl methyl sites for hydroxylation is 1. The highest BCUT2D eigenvalue weighted by Gasteiger charge is 2.12. The molecule has 0 atom stereocenters. The van der Waals surface area contributed by atoms with Crippen LogP contribution in [0.3, 0.4) is 0 Å². The molecule has 0 amide bonds. The van der Waals surface area contributed by atoms with E-state index in [1.807, 2.05) is 37.3 Å². The van der Waals surface area contributed by atoms with E-state index in [-0.39, 0.29) is 11.6 Å². The van der Waals surface area contributed by atoms with Gasteiger partial charge in [0.25, 0.3) is 0 Å². The third-order valence-electron chi connectivity index (χ3n) is 3.72. The Morgan fingerprint density at radius 3 is 2.92 bits per heavy atom. The van der Waals surface area contributed by atoms with Crippen LogP contribution in [-0.4, -0.2) is 21.5 Å². The van der Waals surface area contributed by atoms with Crippen molar-refractivity contribution in [2.75, 3.05) is 5.32 Å². The molecule has 3 N–H and O–H groups in total. The monoisotopic (exact) mass is 457 g/mol. The lowest BCUT2D eigenvalue weighted by atomic mass is 10.1. The number of alkyl halides is 1. The number of aromatic hydroxyl groups is 1. The number of hydrogen-bond acceptors (Lipinski definition) is 5. The molecule has 0 aliphatic heterocycles. The second kappa shape index (κ2) is 8.01. The smallest absolute Gasteiger partial charge is 0.193 e. The Kier molecular flexibility index (Phi) is 5.53. The number of halogens is 1. The van der Waals surface area contributed by atoms with Gasteiger partial charge in [-0.25, -0.2) is 4.99 Å². The van der Waals surface area contributed by atoms with Crippen molar-refractivity contribution in [2.45, 2.75) is 11.4 Å². The zero-order chi connectivity index (χ0) is 18.5. The molecule has 130 valence electrons. The molecule has 3 aromatic rings. The number of benzene rings is 2. The van der Waals surface area contributed by atoms with Crippen LogP contribution in [-0.2, 0) is 4.43 Å². The van der Waals surface area contributed by atoms with Gasteiger partial charge in [-0.15, -0.1) is 0 Å². The summed E-state index contributed by atoms with van der Waals surface area (Å²) in [5.74, 6) is 0.884. The zero-order valence-corrected chi connectivity index (χ0v) is 16.2. The van der Waals surface area contributed by atoms with E-state index in [1.54, 1.807) is 12.1 Å². The number of nitriles is 1. The standard InChI is InChI=1S/C19H16IN5O/c1-12-5-6-14(17(26)7-12)11-22-18-16(10-21)19(25-24-18)23-15-4-2-3-13(8-15)9-20/h2-8,11,26H,9H2,1H3,(H2,23,24,25). The van der Waals surface area contributed by atoms with Crippen molar-refractivity contribution in [2.24, 2.45) is 4.99 Å². The first-order valence-corrected chi connectivity index (χ1v) is 9.37. The molecular weight excluding hydrogens is 441 g/mol. The summed E-state index contributed by atoms with van der Waals surface area (Å²) >= 11 is 2.30. The molecular formula is C19H16IN5O. The average Bonchev–Trinajstić information content (AvgIpc) is 3.02. The van der Waals surface area contributed by atoms with Crippen LogP contribution < -0.4 is 5.32 Å². The van der Waals surface area contributed by atoms with Crippen LogP contribution in [0, 0.1) is 18.3 Å². The first kappa shape index (κ1) is 17.9. The summed E-state index contributed by atoms with van der Waals surface area (Å²) < 4.78 is 0.900. The second-order valence-electron chi connectivity index (χ2n) is 5.69. The normalized spacial score (nSPS) is 10.8. The molecule has 0 saturated heterocycles. The van der Waals surface area contributed by atoms with E-state index in [1.165, 1.54) is 11.8 Å². The summed E-state index contributed by atoms with van der Waals surface area (Å²) in [7, 11) is 0. The molecule has 0 aliphatic carbocycles. The summed E-state index contributed by atoms with van der Waals surface area (Å²) in [5, 5.41) is 29.5. The Labute approximate surface area is 164 Å². The summed E-state index contributed by atoms with van der Waals surface area (Å²) in [5.41, 5.74) is 3.88. The van der Waals surface area contributed by atoms with Crippen LogP contribution in [0.25, 0.3) is 0 Å². The first-order valence-electron chi connectivity index (χ1n) is 7.85. The molecule has 1 heterocycles. The zero-order valence-electron chi connectivity index (χ0n) is 14.0. The van der Waals surface area contributed by atoms with E-state index >= 15 is 0 Å². The van der Waals surface area contributed by atoms with Crippen LogP contribution in [0.1, 0.15) is 22.3 Å². The fraction of sp³-hybridized carbons (Fsp3) is 0.105. The average molecular weight is 457 g/mol. The van der Waals surface area contributed by atoms with Crippen molar-refractivity contribution in [1.82, 2.24) is 10.2 Å². The Hall–Kier alpha value is -2.86. The SMILES string of the molecule is Cc1ccc(C=Nc2n[nH]c(Nc3cccc(CI)c3)c2C#N)c(O)c1. The van der Waals surface area contributed by atoms with Gasteiger partial charge in [0.2, 0.25) is 0 Å². The van der Waals surface area contributed by atoms with Gasteiger partial charge in [-0.2, -0.15) is 10.4 Å². The maximum atomic E-state index is 9.95. The number of rotatable bonds is 5. The lowest BCUT2D eigenvalue weighted by molar-refractivity contribution is 0.474. The highest BCUT2D eigenvalue weighted by molar-refractivity contribution is 14.1. The largest absolute Gasteiger partial charge is 0.507 e. The number of nitrogens with zero attached hydrogens (tertiary/aromatic N) is 3. The molecule has 2 aromatic carbocycles. The van der Waals surface area contributed by atoms with Crippen molar-refractivity contribution in [3.05, 3.63) is 64.7 Å². The lowest BCUT2D eigenvalue weighted by Crippen LogP contribution is -1.93. The molecule has 26 heavy (non-hydrogen) atoms. The molecule has 0 bridgehead atoms. The van der Waals surface area contributed by atoms with E-state index in [2.05, 4.69) is 49.2 Å². The van der Waals surface area contributed by atoms with Crippen LogP contribution in [0.2, 0.25) is 0 Å². The van der Waals surface area contributed by atoms with Gasteiger partial charge >= 0.3 is 0 Å². The number of nitrogens with one attached hydrogen (secondary N) is 2. The topological polar surface area (TPSA) is 97.1 Å². The van der Waals surface area contributed by atoms with Gasteiger partial charge in [0.1, 0.15) is 23.2 Å². The number of hydrogen-bond donors (Lipinski definition) is 3. The van der Waals surface area contributed by atoms with Crippen molar-refractivity contribution in [3.8, 4) is 11.8 Å². The number of H-pyrrole nitrogens is 1. The number of anilines is 2. The maximum absolute atomic E-state index is 9.95. The fourth-order valence-electron chi connectivity index (χ4n) is 2.39. The first-order chi connectivity index (χ1) is 12.6. The molecule has 0 spiro atoms. The summed E-state index contributed by atoms with van der Waals surface area (Å²) in [6.07, 6.45) is 1.49. The lowest BCUT2D eigenvalue weighted by Gasteiger charge is -2.05. The number of aliphatic imine (C=N–C) groups is 1. The fourth-order valence-corrected chi connectivity index (χ4v) is 2.87. The maximum Gasteiger partial charge on any atom is 0.193 e. The van der Waals surface area contributed by atoms with Gasteiger partial charge in [-0.1, -0.05) is 40.8 Å². The number of aromatic nitrogens is 2. The van der Waals surface area contributed by atoms with Crippen LogP contribution >= 0.6 is 22.6 Å². The Balaban J connectivity index is 1.86. The third kappa shape index (κ3) is 4.03. The molecule has 6 nitrogen and oxygen atoms in total. The molecule has 0 saturated carbocycles. The summed E-state index contributed by atoms with van der Waals surface area (Å²) in [4.78, 5) is 4.24. The van der Waals surface area contributed by atoms with Crippen LogP contribution in [0.15, 0.2) is 47.5 Å². The summed E-state index contributed by atoms with van der Waals surface area (Å²) in [6.45, 7) is 1.90. The Morgan fingerprint density at radius 1 is 1.35 bits per heavy atom. The predicted octanol–water partition coefficient (Wildman–Crippen LogP) is 4.72. The van der Waals surface area contributed by atoms with E-state index in [0.29, 0.717) is 16.9 Å². The number of phenolic OH excluding ortho intramolecular Hbond substituents is 1. The molecule has 0 fully saturated rings. The van der Waals surface area contributed by atoms with Gasteiger partial charge in [0.05, 0.1) is 0 Å². The van der Waals surface area contributed by atoms with E-state index in [9.17, 15) is 10.4 Å². The minimum atomic E-state index is 0.136. The van der Waals surface area contributed by atoms with Crippen molar-refractivity contribution in [3.63, 3.8) is 0 Å². The van der Waals surface area contributed by atoms with Crippen LogP contribution in [0.4, 0.5) is 17.3 Å². The van der Waals surface area contributed by atoms with Gasteiger partial charge < -0.3 is 10.4 Å². The van der Waals surface area contributed by atoms with E-state index in [4.69, 9.17) is 0 Å². The molecule has 0 aliphatic rings. The van der Waals surface area contributed by atoms with E-state index < -0.39 is 0 Å². The van der Waals surface area contributed by atoms with E-state index in [0.717, 1.165) is 15.7 Å². The number of aromatic amines is 1. The summed E-state index contributed by atoms with van der Waals surface area (Å²) in [6, 6.07) is 15.4. The molecule has 0 radical (unpaired) electrons. The Bertz CT molecular complexity index is 1000. The highest BCUT2D eigenvalue weighted by Crippen LogP contribution is 2.27. The minimum Gasteiger partial charge on any atom is -0.507 e. The van der Waals surface area contributed by atoms with Crippen molar-refractivity contribution >= 4 is 46.1 Å². The van der Waals surface area contributed by atoms with Crippen molar-refractivity contribution in [1.29, 1.82) is 5.26 Å². The van der Waals surface area contributed by atoms with Crippen LogP contribution in [0.5, 0.6) is 5.75 Å². The predicted molar refractivity (Wildman–Crippen MR) is 111 cm³/mol. The number of phenols is 1. The molecule has 1 aromatic heterocycles. The second-order valence-corrected chi connectivity index (χ2v) is 6.45.